The number of aryl methyl sites for hydroxylation is 3. The summed E-state index contributed by atoms with van der Waals surface area (Å²) in [5.74, 6) is 2.59. The number of nitrogens with one attached hydrogen (secondary N) is 1. The minimum Gasteiger partial charge on any atom is -0.491 e. The monoisotopic (exact) mass is 494 g/mol. The molecule has 3 heterocycles. The molecule has 2 aromatic heterocycles. The first-order chi connectivity index (χ1) is 17.3. The number of aliphatic hydroxyl groups is 1. The molecular formula is C28H38N4O4. The van der Waals surface area contributed by atoms with Gasteiger partial charge in [-0.15, -0.1) is 0 Å². The standard InChI is InChI=1S/C28H38N4O4/c1-16-7-8-23(35-15-22(33)14-29-6)13-24(16)28-30-25(12-21-9-10-34-17(2)11-21)18(3)27(31-28)26-19(4)32-36-20(26)5/h7-8,13,17,21-22,29,33H,9-12,14-15H2,1-6H3. The fourth-order valence-corrected chi connectivity index (χ4v) is 4.92. The molecule has 8 nitrogen and oxygen atoms in total. The maximum atomic E-state index is 10.1. The molecule has 1 saturated heterocycles. The number of hydrogen-bond acceptors (Lipinski definition) is 8. The molecule has 194 valence electrons. The van der Waals surface area contributed by atoms with Gasteiger partial charge < -0.3 is 24.4 Å². The zero-order valence-electron chi connectivity index (χ0n) is 22.2. The summed E-state index contributed by atoms with van der Waals surface area (Å²) in [5, 5.41) is 17.2. The lowest BCUT2D eigenvalue weighted by Gasteiger charge is -2.27. The average molecular weight is 495 g/mol. The Hall–Kier alpha value is -2.81. The maximum Gasteiger partial charge on any atom is 0.160 e. The molecule has 1 aliphatic rings. The van der Waals surface area contributed by atoms with Crippen molar-refractivity contribution in [3.8, 4) is 28.4 Å². The van der Waals surface area contributed by atoms with Crippen LogP contribution >= 0.6 is 0 Å². The fraction of sp³-hybridized carbons (Fsp3) is 0.536. The molecule has 4 rings (SSSR count). The summed E-state index contributed by atoms with van der Waals surface area (Å²) in [6.07, 6.45) is 2.60. The van der Waals surface area contributed by atoms with Crippen LogP contribution in [0.25, 0.3) is 22.6 Å². The lowest BCUT2D eigenvalue weighted by atomic mass is 9.89. The van der Waals surface area contributed by atoms with Crippen LogP contribution in [0.4, 0.5) is 0 Å². The molecule has 2 N–H and O–H groups in total. The summed E-state index contributed by atoms with van der Waals surface area (Å²) in [4.78, 5) is 10.2. The maximum absolute atomic E-state index is 10.1. The molecule has 3 unspecified atom stereocenters. The highest BCUT2D eigenvalue weighted by atomic mass is 16.5. The third-order valence-electron chi connectivity index (χ3n) is 6.92. The van der Waals surface area contributed by atoms with Gasteiger partial charge >= 0.3 is 0 Å². The van der Waals surface area contributed by atoms with Crippen molar-refractivity contribution < 1.29 is 19.1 Å². The summed E-state index contributed by atoms with van der Waals surface area (Å²) < 4.78 is 17.2. The van der Waals surface area contributed by atoms with Gasteiger partial charge in [-0.25, -0.2) is 9.97 Å². The number of nitrogens with zero attached hydrogens (tertiary/aromatic N) is 3. The van der Waals surface area contributed by atoms with E-state index in [1.165, 1.54) is 0 Å². The quantitative estimate of drug-likeness (QED) is 0.453. The number of ether oxygens (including phenoxy) is 2. The van der Waals surface area contributed by atoms with E-state index in [1.807, 2.05) is 39.0 Å². The molecule has 0 saturated carbocycles. The van der Waals surface area contributed by atoms with Crippen LogP contribution < -0.4 is 10.1 Å². The van der Waals surface area contributed by atoms with Crippen molar-refractivity contribution in [3.05, 3.63) is 46.5 Å². The van der Waals surface area contributed by atoms with Crippen molar-refractivity contribution in [2.24, 2.45) is 5.92 Å². The molecule has 1 aromatic carbocycles. The van der Waals surface area contributed by atoms with Crippen LogP contribution in [0.5, 0.6) is 5.75 Å². The number of aromatic nitrogens is 3. The van der Waals surface area contributed by atoms with Gasteiger partial charge in [0.05, 0.1) is 23.1 Å². The van der Waals surface area contributed by atoms with E-state index in [2.05, 4.69) is 24.3 Å². The summed E-state index contributed by atoms with van der Waals surface area (Å²) in [5.41, 5.74) is 6.68. The van der Waals surface area contributed by atoms with E-state index in [0.29, 0.717) is 24.0 Å². The number of benzene rings is 1. The largest absolute Gasteiger partial charge is 0.491 e. The molecule has 1 aliphatic heterocycles. The molecule has 0 radical (unpaired) electrons. The molecule has 0 bridgehead atoms. The van der Waals surface area contributed by atoms with Gasteiger partial charge in [0.15, 0.2) is 5.82 Å². The van der Waals surface area contributed by atoms with E-state index in [9.17, 15) is 5.11 Å². The highest BCUT2D eigenvalue weighted by Gasteiger charge is 2.25. The fourth-order valence-electron chi connectivity index (χ4n) is 4.92. The highest BCUT2D eigenvalue weighted by molar-refractivity contribution is 5.72. The number of aliphatic hydroxyl groups excluding tert-OH is 1. The second-order valence-corrected chi connectivity index (χ2v) is 9.94. The highest BCUT2D eigenvalue weighted by Crippen LogP contribution is 2.35. The van der Waals surface area contributed by atoms with Gasteiger partial charge in [0, 0.05) is 24.4 Å². The summed E-state index contributed by atoms with van der Waals surface area (Å²) in [6, 6.07) is 5.88. The van der Waals surface area contributed by atoms with E-state index in [1.54, 1.807) is 7.05 Å². The number of rotatable bonds is 9. The lowest BCUT2D eigenvalue weighted by Crippen LogP contribution is -2.29. The first-order valence-corrected chi connectivity index (χ1v) is 12.8. The molecule has 0 amide bonds. The molecule has 3 atom stereocenters. The van der Waals surface area contributed by atoms with Crippen LogP contribution in [0.1, 0.15) is 48.0 Å². The molecule has 36 heavy (non-hydrogen) atoms. The first-order valence-electron chi connectivity index (χ1n) is 12.8. The molecule has 8 heteroatoms. The summed E-state index contributed by atoms with van der Waals surface area (Å²) in [7, 11) is 1.80. The Bertz CT molecular complexity index is 1170. The third-order valence-corrected chi connectivity index (χ3v) is 6.92. The van der Waals surface area contributed by atoms with Crippen LogP contribution in [-0.4, -0.2) is 59.2 Å². The topological polar surface area (TPSA) is 103 Å². The third kappa shape index (κ3) is 5.94. The van der Waals surface area contributed by atoms with E-state index in [0.717, 1.165) is 71.0 Å². The van der Waals surface area contributed by atoms with Crippen LogP contribution in [-0.2, 0) is 11.2 Å². The van der Waals surface area contributed by atoms with Crippen LogP contribution in [0.15, 0.2) is 22.7 Å². The van der Waals surface area contributed by atoms with E-state index < -0.39 is 6.10 Å². The van der Waals surface area contributed by atoms with Crippen LogP contribution in [0.3, 0.4) is 0 Å². The Balaban J connectivity index is 1.76. The summed E-state index contributed by atoms with van der Waals surface area (Å²) >= 11 is 0. The number of hydrogen-bond donors (Lipinski definition) is 2. The van der Waals surface area contributed by atoms with E-state index in [4.69, 9.17) is 24.0 Å². The van der Waals surface area contributed by atoms with Gasteiger partial charge in [-0.3, -0.25) is 0 Å². The van der Waals surface area contributed by atoms with Crippen LogP contribution in [0.2, 0.25) is 0 Å². The van der Waals surface area contributed by atoms with Gasteiger partial charge in [0.25, 0.3) is 0 Å². The van der Waals surface area contributed by atoms with E-state index >= 15 is 0 Å². The lowest BCUT2D eigenvalue weighted by molar-refractivity contribution is 0.00262. The van der Waals surface area contributed by atoms with Gasteiger partial charge in [-0.2, -0.15) is 0 Å². The predicted octanol–water partition coefficient (Wildman–Crippen LogP) is 4.35. The van der Waals surface area contributed by atoms with Gasteiger partial charge in [0.1, 0.15) is 24.2 Å². The number of likely N-dealkylation sites (N-methyl/N-ethyl adjacent to an activating group) is 1. The smallest absolute Gasteiger partial charge is 0.160 e. The average Bonchev–Trinajstić information content (AvgIpc) is 3.18. The Morgan fingerprint density at radius 2 is 2.00 bits per heavy atom. The van der Waals surface area contributed by atoms with Crippen molar-refractivity contribution in [3.63, 3.8) is 0 Å². The molecule has 0 aliphatic carbocycles. The van der Waals surface area contributed by atoms with Crippen molar-refractivity contribution in [2.45, 2.75) is 66.1 Å². The Morgan fingerprint density at radius 3 is 2.69 bits per heavy atom. The SMILES string of the molecule is CNCC(O)COc1ccc(C)c(-c2nc(CC3CCOC(C)C3)c(C)c(-c3c(C)noc3C)n2)c1. The van der Waals surface area contributed by atoms with Crippen molar-refractivity contribution in [2.75, 3.05) is 26.8 Å². The van der Waals surface area contributed by atoms with Gasteiger partial charge in [0.2, 0.25) is 0 Å². The van der Waals surface area contributed by atoms with Crippen molar-refractivity contribution in [1.82, 2.24) is 20.4 Å². The van der Waals surface area contributed by atoms with Crippen molar-refractivity contribution >= 4 is 0 Å². The van der Waals surface area contributed by atoms with Gasteiger partial charge in [-0.05, 0) is 90.1 Å². The Labute approximate surface area is 213 Å². The Morgan fingerprint density at radius 1 is 1.19 bits per heavy atom. The summed E-state index contributed by atoms with van der Waals surface area (Å²) in [6.45, 7) is 11.6. The Kier molecular flexibility index (Phi) is 8.39. The van der Waals surface area contributed by atoms with Crippen LogP contribution in [0, 0.1) is 33.6 Å². The normalized spacial score (nSPS) is 18.9. The molecule has 0 spiro atoms. The second-order valence-electron chi connectivity index (χ2n) is 9.94. The first kappa shape index (κ1) is 26.3. The predicted molar refractivity (Wildman–Crippen MR) is 139 cm³/mol. The zero-order chi connectivity index (χ0) is 25.8. The zero-order valence-corrected chi connectivity index (χ0v) is 22.2. The molecule has 1 fully saturated rings. The molecular weight excluding hydrogens is 456 g/mol. The van der Waals surface area contributed by atoms with E-state index in [-0.39, 0.29) is 12.7 Å². The van der Waals surface area contributed by atoms with Gasteiger partial charge in [-0.1, -0.05) is 11.2 Å². The minimum absolute atomic E-state index is 0.204. The molecule has 3 aromatic rings. The second kappa shape index (κ2) is 11.5. The minimum atomic E-state index is -0.588. The van der Waals surface area contributed by atoms with Crippen molar-refractivity contribution in [1.29, 1.82) is 0 Å².